The largest absolute Gasteiger partial charge is 0.243 e. The molecule has 118 valence electrons. The minimum absolute atomic E-state index is 0.0295. The van der Waals surface area contributed by atoms with Crippen LogP contribution in [0.1, 0.15) is 32.6 Å². The van der Waals surface area contributed by atoms with Gasteiger partial charge >= 0.3 is 0 Å². The van der Waals surface area contributed by atoms with Crippen LogP contribution in [0.25, 0.3) is 0 Å². The zero-order chi connectivity index (χ0) is 15.7. The highest BCUT2D eigenvalue weighted by Gasteiger charge is 2.32. The first-order chi connectivity index (χ1) is 9.76. The van der Waals surface area contributed by atoms with E-state index >= 15 is 0 Å². The third-order valence-electron chi connectivity index (χ3n) is 3.88. The molecule has 0 saturated heterocycles. The van der Waals surface area contributed by atoms with Gasteiger partial charge in [0.05, 0.1) is 9.79 Å². The van der Waals surface area contributed by atoms with Gasteiger partial charge in [-0.15, -0.1) is 0 Å². The molecular weight excluding hydrogens is 310 g/mol. The normalized spacial score (nSPS) is 17.5. The van der Waals surface area contributed by atoms with E-state index < -0.39 is 19.9 Å². The molecule has 0 unspecified atom stereocenters. The molecule has 0 bridgehead atoms. The fourth-order valence-corrected chi connectivity index (χ4v) is 5.30. The van der Waals surface area contributed by atoms with Gasteiger partial charge in [0.15, 0.2) is 9.84 Å². The molecule has 7 heteroatoms. The number of sulfonamides is 1. The maximum absolute atomic E-state index is 12.8. The molecule has 1 aromatic rings. The van der Waals surface area contributed by atoms with Crippen molar-refractivity contribution < 1.29 is 16.8 Å². The van der Waals surface area contributed by atoms with Gasteiger partial charge in [-0.2, -0.15) is 4.31 Å². The van der Waals surface area contributed by atoms with Crippen LogP contribution in [-0.4, -0.2) is 40.0 Å². The van der Waals surface area contributed by atoms with Crippen LogP contribution < -0.4 is 0 Å². The van der Waals surface area contributed by atoms with Gasteiger partial charge in [-0.25, -0.2) is 16.8 Å². The Morgan fingerprint density at radius 2 is 1.67 bits per heavy atom. The van der Waals surface area contributed by atoms with Gasteiger partial charge < -0.3 is 0 Å². The topological polar surface area (TPSA) is 71.5 Å². The number of sulfone groups is 1. The predicted molar refractivity (Wildman–Crippen MR) is 81.4 cm³/mol. The highest BCUT2D eigenvalue weighted by Crippen LogP contribution is 2.29. The van der Waals surface area contributed by atoms with Crippen LogP contribution in [-0.2, 0) is 19.9 Å². The van der Waals surface area contributed by atoms with Crippen molar-refractivity contribution in [3.63, 3.8) is 0 Å². The van der Waals surface area contributed by atoms with Gasteiger partial charge in [0.2, 0.25) is 10.0 Å². The van der Waals surface area contributed by atoms with Gasteiger partial charge in [-0.1, -0.05) is 25.8 Å². The average molecular weight is 331 g/mol. The summed E-state index contributed by atoms with van der Waals surface area (Å²) in [6.07, 6.45) is 4.91. The molecule has 0 atom stereocenters. The molecule has 0 heterocycles. The van der Waals surface area contributed by atoms with Crippen molar-refractivity contribution in [2.45, 2.75) is 48.4 Å². The summed E-state index contributed by atoms with van der Waals surface area (Å²) in [6.45, 7) is 2.21. The summed E-state index contributed by atoms with van der Waals surface area (Å²) < 4.78 is 50.2. The SMILES string of the molecule is CCN(C1CCCC1)S(=O)(=O)c1cccc(S(C)(=O)=O)c1. The van der Waals surface area contributed by atoms with E-state index in [0.29, 0.717) is 6.54 Å². The smallest absolute Gasteiger partial charge is 0.224 e. The van der Waals surface area contributed by atoms with E-state index in [1.54, 1.807) is 0 Å². The molecule has 2 rings (SSSR count). The molecule has 0 amide bonds. The Hall–Kier alpha value is -0.920. The van der Waals surface area contributed by atoms with Crippen molar-refractivity contribution in [3.8, 4) is 0 Å². The number of nitrogens with zero attached hydrogens (tertiary/aromatic N) is 1. The monoisotopic (exact) mass is 331 g/mol. The summed E-state index contributed by atoms with van der Waals surface area (Å²) in [5.74, 6) is 0. The van der Waals surface area contributed by atoms with Crippen LogP contribution in [0, 0.1) is 0 Å². The van der Waals surface area contributed by atoms with Crippen LogP contribution in [0.3, 0.4) is 0 Å². The van der Waals surface area contributed by atoms with Gasteiger partial charge in [-0.05, 0) is 31.0 Å². The zero-order valence-corrected chi connectivity index (χ0v) is 14.0. The van der Waals surface area contributed by atoms with Crippen LogP contribution in [0.15, 0.2) is 34.1 Å². The first kappa shape index (κ1) is 16.5. The summed E-state index contributed by atoms with van der Waals surface area (Å²) in [4.78, 5) is 0.0882. The van der Waals surface area contributed by atoms with Crippen LogP contribution in [0.5, 0.6) is 0 Å². The number of hydrogen-bond donors (Lipinski definition) is 0. The van der Waals surface area contributed by atoms with Crippen molar-refractivity contribution in [2.75, 3.05) is 12.8 Å². The van der Waals surface area contributed by atoms with E-state index in [-0.39, 0.29) is 15.8 Å². The second kappa shape index (κ2) is 6.06. The van der Waals surface area contributed by atoms with Gasteiger partial charge in [0.1, 0.15) is 0 Å². The summed E-state index contributed by atoms with van der Waals surface area (Å²) in [6, 6.07) is 5.64. The molecule has 0 aromatic heterocycles. The summed E-state index contributed by atoms with van der Waals surface area (Å²) in [5, 5.41) is 0. The van der Waals surface area contributed by atoms with Crippen molar-refractivity contribution in [1.82, 2.24) is 4.31 Å². The second-order valence-electron chi connectivity index (χ2n) is 5.39. The molecule has 21 heavy (non-hydrogen) atoms. The molecule has 5 nitrogen and oxygen atoms in total. The molecule has 1 fully saturated rings. The maximum Gasteiger partial charge on any atom is 0.243 e. The lowest BCUT2D eigenvalue weighted by atomic mass is 10.2. The van der Waals surface area contributed by atoms with Crippen molar-refractivity contribution in [1.29, 1.82) is 0 Å². The van der Waals surface area contributed by atoms with Crippen molar-refractivity contribution in [2.24, 2.45) is 0 Å². The lowest BCUT2D eigenvalue weighted by Crippen LogP contribution is -2.38. The molecule has 1 aromatic carbocycles. The summed E-state index contributed by atoms with van der Waals surface area (Å²) >= 11 is 0. The fraction of sp³-hybridized carbons (Fsp3) is 0.571. The highest BCUT2D eigenvalue weighted by atomic mass is 32.2. The Morgan fingerprint density at radius 1 is 1.10 bits per heavy atom. The Bertz CT molecular complexity index is 704. The number of benzene rings is 1. The summed E-state index contributed by atoms with van der Waals surface area (Å²) in [5.41, 5.74) is 0. The van der Waals surface area contributed by atoms with E-state index in [4.69, 9.17) is 0 Å². The molecule has 0 aliphatic heterocycles. The Labute approximate surface area is 126 Å². The third-order valence-corrected chi connectivity index (χ3v) is 7.02. The fourth-order valence-electron chi connectivity index (χ4n) is 2.82. The molecule has 0 spiro atoms. The van der Waals surface area contributed by atoms with Crippen LogP contribution in [0.4, 0.5) is 0 Å². The lowest BCUT2D eigenvalue weighted by molar-refractivity contribution is 0.335. The summed E-state index contributed by atoms with van der Waals surface area (Å²) in [7, 11) is -7.07. The van der Waals surface area contributed by atoms with Crippen molar-refractivity contribution in [3.05, 3.63) is 24.3 Å². The standard InChI is InChI=1S/C14H21NO4S2/c1-3-15(12-7-4-5-8-12)21(18,19)14-10-6-9-13(11-14)20(2,16)17/h6,9-12H,3-5,7-8H2,1-2H3. The van der Waals surface area contributed by atoms with E-state index in [1.807, 2.05) is 6.92 Å². The van der Waals surface area contributed by atoms with Crippen LogP contribution >= 0.6 is 0 Å². The third kappa shape index (κ3) is 3.46. The molecule has 1 aliphatic rings. The molecule has 0 N–H and O–H groups in total. The number of rotatable bonds is 5. The maximum atomic E-state index is 12.8. The molecule has 1 aliphatic carbocycles. The van der Waals surface area contributed by atoms with E-state index in [1.165, 1.54) is 28.6 Å². The molecule has 0 radical (unpaired) electrons. The quantitative estimate of drug-likeness (QED) is 0.828. The van der Waals surface area contributed by atoms with Crippen LogP contribution in [0.2, 0.25) is 0 Å². The number of hydrogen-bond acceptors (Lipinski definition) is 4. The Balaban J connectivity index is 2.43. The second-order valence-corrected chi connectivity index (χ2v) is 9.30. The Kier molecular flexibility index (Phi) is 4.75. The van der Waals surface area contributed by atoms with E-state index in [0.717, 1.165) is 31.9 Å². The van der Waals surface area contributed by atoms with Gasteiger partial charge in [0, 0.05) is 18.8 Å². The molecular formula is C14H21NO4S2. The molecule has 1 saturated carbocycles. The van der Waals surface area contributed by atoms with Crippen molar-refractivity contribution >= 4 is 19.9 Å². The predicted octanol–water partition coefficient (Wildman–Crippen LogP) is 2.04. The van der Waals surface area contributed by atoms with E-state index in [9.17, 15) is 16.8 Å². The zero-order valence-electron chi connectivity index (χ0n) is 12.3. The Morgan fingerprint density at radius 3 is 2.19 bits per heavy atom. The first-order valence-corrected chi connectivity index (χ1v) is 10.4. The highest BCUT2D eigenvalue weighted by molar-refractivity contribution is 7.91. The van der Waals surface area contributed by atoms with Gasteiger partial charge in [-0.3, -0.25) is 0 Å². The lowest BCUT2D eigenvalue weighted by Gasteiger charge is -2.26. The first-order valence-electron chi connectivity index (χ1n) is 7.09. The average Bonchev–Trinajstić information content (AvgIpc) is 2.92. The van der Waals surface area contributed by atoms with Gasteiger partial charge in [0.25, 0.3) is 0 Å². The minimum Gasteiger partial charge on any atom is -0.224 e. The van der Waals surface area contributed by atoms with E-state index in [2.05, 4.69) is 0 Å². The minimum atomic E-state index is -3.65.